The standard InChI is InChI=1S/C30H32FN5O2/c1-4-23(21-12-8-7-9-13-21)28(22-15-16-26-24(18-22)29(31)36-35-26)25-19-33-30(34-20(25)2)38-17-11-6-5-10-14-27(37)32-3/h7-10,12-16,18-19H,4-6,11,17H2,1-3H3,(H,32,37)(H,35,36)/b14-10+,28-23-. The van der Waals surface area contributed by atoms with E-state index in [9.17, 15) is 9.18 Å². The molecule has 2 N–H and O–H groups in total. The molecule has 0 atom stereocenters. The van der Waals surface area contributed by atoms with Gasteiger partial charge in [0.25, 0.3) is 0 Å². The molecule has 7 nitrogen and oxygen atoms in total. The molecule has 0 aliphatic carbocycles. The van der Waals surface area contributed by atoms with Crippen molar-refractivity contribution in [3.8, 4) is 6.01 Å². The molecule has 4 aromatic rings. The number of allylic oxidation sites excluding steroid dienone is 2. The molecule has 2 aromatic carbocycles. The Morgan fingerprint density at radius 1 is 1.13 bits per heavy atom. The fourth-order valence-corrected chi connectivity index (χ4v) is 4.35. The SMILES string of the molecule is CC/C(=C(\c1ccc2n[nH]c(F)c2c1)c1cnc(OCCCC/C=C/C(=O)NC)nc1C)c1ccccc1. The summed E-state index contributed by atoms with van der Waals surface area (Å²) < 4.78 is 20.2. The average molecular weight is 514 g/mol. The van der Waals surface area contributed by atoms with Gasteiger partial charge in [0.05, 0.1) is 23.2 Å². The van der Waals surface area contributed by atoms with Crippen LogP contribution in [0.5, 0.6) is 6.01 Å². The van der Waals surface area contributed by atoms with E-state index in [-0.39, 0.29) is 5.91 Å². The number of ether oxygens (including phenoxy) is 1. The van der Waals surface area contributed by atoms with E-state index in [2.05, 4.69) is 44.5 Å². The first-order valence-electron chi connectivity index (χ1n) is 12.8. The molecule has 196 valence electrons. The lowest BCUT2D eigenvalue weighted by molar-refractivity contribution is -0.116. The molecule has 0 radical (unpaired) electrons. The van der Waals surface area contributed by atoms with Gasteiger partial charge in [-0.25, -0.2) is 4.98 Å². The molecule has 2 aromatic heterocycles. The number of carbonyl (C=O) groups excluding carboxylic acids is 1. The second-order valence-corrected chi connectivity index (χ2v) is 8.86. The van der Waals surface area contributed by atoms with Crippen molar-refractivity contribution in [2.24, 2.45) is 0 Å². The Hall–Kier alpha value is -4.33. The second kappa shape index (κ2) is 12.8. The number of aryl methyl sites for hydroxylation is 1. The summed E-state index contributed by atoms with van der Waals surface area (Å²) in [4.78, 5) is 20.4. The molecular formula is C30H32FN5O2. The van der Waals surface area contributed by atoms with Gasteiger partial charge in [-0.3, -0.25) is 9.89 Å². The van der Waals surface area contributed by atoms with Gasteiger partial charge in [0.2, 0.25) is 11.9 Å². The van der Waals surface area contributed by atoms with E-state index in [0.717, 1.165) is 59.2 Å². The molecule has 4 rings (SSSR count). The highest BCUT2D eigenvalue weighted by Gasteiger charge is 2.18. The minimum Gasteiger partial charge on any atom is -0.463 e. The van der Waals surface area contributed by atoms with Crippen molar-refractivity contribution in [2.75, 3.05) is 13.7 Å². The van der Waals surface area contributed by atoms with E-state index in [1.807, 2.05) is 49.4 Å². The van der Waals surface area contributed by atoms with Crippen molar-refractivity contribution in [3.63, 3.8) is 0 Å². The molecule has 0 saturated carbocycles. The van der Waals surface area contributed by atoms with Gasteiger partial charge in [0.1, 0.15) is 0 Å². The van der Waals surface area contributed by atoms with Crippen LogP contribution in [0.2, 0.25) is 0 Å². The van der Waals surface area contributed by atoms with E-state index in [0.29, 0.717) is 23.5 Å². The zero-order valence-corrected chi connectivity index (χ0v) is 21.9. The average Bonchev–Trinajstić information content (AvgIpc) is 3.31. The van der Waals surface area contributed by atoms with Gasteiger partial charge in [-0.2, -0.15) is 14.5 Å². The number of halogens is 1. The van der Waals surface area contributed by atoms with Crippen molar-refractivity contribution < 1.29 is 13.9 Å². The maximum Gasteiger partial charge on any atom is 0.316 e. The van der Waals surface area contributed by atoms with Crippen molar-refractivity contribution in [3.05, 3.63) is 95.2 Å². The third kappa shape index (κ3) is 6.32. The minimum absolute atomic E-state index is 0.105. The van der Waals surface area contributed by atoms with Gasteiger partial charge in [-0.15, -0.1) is 0 Å². The van der Waals surface area contributed by atoms with Crippen LogP contribution >= 0.6 is 0 Å². The summed E-state index contributed by atoms with van der Waals surface area (Å²) in [6.07, 6.45) is 8.44. The monoisotopic (exact) mass is 513 g/mol. The van der Waals surface area contributed by atoms with Crippen molar-refractivity contribution in [1.29, 1.82) is 0 Å². The number of aromatic amines is 1. The molecule has 0 bridgehead atoms. The summed E-state index contributed by atoms with van der Waals surface area (Å²) in [7, 11) is 1.61. The van der Waals surface area contributed by atoms with Crippen LogP contribution in [-0.2, 0) is 4.79 Å². The van der Waals surface area contributed by atoms with Crippen molar-refractivity contribution >= 4 is 28.0 Å². The first-order valence-corrected chi connectivity index (χ1v) is 12.8. The van der Waals surface area contributed by atoms with Crippen LogP contribution in [0.3, 0.4) is 0 Å². The van der Waals surface area contributed by atoms with Crippen LogP contribution in [0.15, 0.2) is 66.9 Å². The summed E-state index contributed by atoms with van der Waals surface area (Å²) in [6.45, 7) is 4.52. The fourth-order valence-electron chi connectivity index (χ4n) is 4.35. The number of rotatable bonds is 11. The van der Waals surface area contributed by atoms with Crippen LogP contribution in [-0.4, -0.2) is 39.7 Å². The molecule has 0 aliphatic heterocycles. The highest BCUT2D eigenvalue weighted by Crippen LogP contribution is 2.36. The van der Waals surface area contributed by atoms with E-state index < -0.39 is 5.95 Å². The van der Waals surface area contributed by atoms with Crippen LogP contribution in [0, 0.1) is 12.9 Å². The highest BCUT2D eigenvalue weighted by atomic mass is 19.1. The number of unbranched alkanes of at least 4 members (excludes halogenated alkanes) is 2. The summed E-state index contributed by atoms with van der Waals surface area (Å²) in [5.74, 6) is -0.563. The maximum absolute atomic E-state index is 14.4. The predicted octanol–water partition coefficient (Wildman–Crippen LogP) is 6.02. The lowest BCUT2D eigenvalue weighted by Gasteiger charge is -2.18. The molecule has 0 saturated heterocycles. The first kappa shape index (κ1) is 26.7. The summed E-state index contributed by atoms with van der Waals surface area (Å²) in [5.41, 5.74) is 6.22. The number of aromatic nitrogens is 4. The first-order chi connectivity index (χ1) is 18.5. The number of likely N-dealkylation sites (N-methyl/N-ethyl adjacent to an activating group) is 1. The van der Waals surface area contributed by atoms with Crippen LogP contribution in [0.4, 0.5) is 4.39 Å². The number of carbonyl (C=O) groups is 1. The van der Waals surface area contributed by atoms with Gasteiger partial charge in [-0.1, -0.05) is 49.4 Å². The Kier molecular flexibility index (Phi) is 8.98. The Labute approximate surface area is 221 Å². The summed E-state index contributed by atoms with van der Waals surface area (Å²) in [6, 6.07) is 16.1. The lowest BCUT2D eigenvalue weighted by Crippen LogP contribution is -2.13. The minimum atomic E-state index is -0.459. The number of H-pyrrole nitrogens is 1. The van der Waals surface area contributed by atoms with E-state index in [1.165, 1.54) is 6.08 Å². The largest absolute Gasteiger partial charge is 0.463 e. The normalized spacial score (nSPS) is 12.1. The van der Waals surface area contributed by atoms with E-state index >= 15 is 0 Å². The summed E-state index contributed by atoms with van der Waals surface area (Å²) >= 11 is 0. The zero-order chi connectivity index (χ0) is 26.9. The lowest BCUT2D eigenvalue weighted by atomic mass is 9.88. The smallest absolute Gasteiger partial charge is 0.316 e. The molecule has 0 aliphatic rings. The Morgan fingerprint density at radius 3 is 2.68 bits per heavy atom. The summed E-state index contributed by atoms with van der Waals surface area (Å²) in [5, 5.41) is 9.44. The fraction of sp³-hybridized carbons (Fsp3) is 0.267. The number of amides is 1. The van der Waals surface area contributed by atoms with Crippen molar-refractivity contribution in [1.82, 2.24) is 25.5 Å². The van der Waals surface area contributed by atoms with Crippen LogP contribution < -0.4 is 10.1 Å². The molecule has 38 heavy (non-hydrogen) atoms. The Bertz CT molecular complexity index is 1460. The number of hydrogen-bond donors (Lipinski definition) is 2. The van der Waals surface area contributed by atoms with Gasteiger partial charge >= 0.3 is 6.01 Å². The molecule has 0 unspecified atom stereocenters. The van der Waals surface area contributed by atoms with E-state index in [4.69, 9.17) is 4.74 Å². The van der Waals surface area contributed by atoms with Gasteiger partial charge in [0.15, 0.2) is 0 Å². The van der Waals surface area contributed by atoms with Crippen LogP contribution in [0.25, 0.3) is 22.0 Å². The number of nitrogens with one attached hydrogen (secondary N) is 2. The zero-order valence-electron chi connectivity index (χ0n) is 21.9. The highest BCUT2D eigenvalue weighted by molar-refractivity contribution is 6.00. The van der Waals surface area contributed by atoms with Gasteiger partial charge in [0, 0.05) is 18.8 Å². The van der Waals surface area contributed by atoms with Crippen molar-refractivity contribution in [2.45, 2.75) is 39.5 Å². The number of fused-ring (bicyclic) bond motifs is 1. The number of nitrogens with zero attached hydrogens (tertiary/aromatic N) is 3. The molecule has 1 amide bonds. The quantitative estimate of drug-likeness (QED) is 0.145. The predicted molar refractivity (Wildman–Crippen MR) is 148 cm³/mol. The molecule has 0 spiro atoms. The second-order valence-electron chi connectivity index (χ2n) is 8.86. The number of benzene rings is 2. The molecule has 8 heteroatoms. The molecule has 2 heterocycles. The van der Waals surface area contributed by atoms with Gasteiger partial charge in [-0.05, 0) is 73.1 Å². The topological polar surface area (TPSA) is 92.8 Å². The third-order valence-corrected chi connectivity index (χ3v) is 6.31. The number of hydrogen-bond acceptors (Lipinski definition) is 5. The maximum atomic E-state index is 14.4. The third-order valence-electron chi connectivity index (χ3n) is 6.31. The Balaban J connectivity index is 1.61. The van der Waals surface area contributed by atoms with Gasteiger partial charge < -0.3 is 10.1 Å². The molecule has 0 fully saturated rings. The van der Waals surface area contributed by atoms with Crippen LogP contribution in [0.1, 0.15) is 55.0 Å². The molecular weight excluding hydrogens is 481 g/mol. The Morgan fingerprint density at radius 2 is 1.95 bits per heavy atom. The van der Waals surface area contributed by atoms with E-state index in [1.54, 1.807) is 13.2 Å².